The molecule has 0 fully saturated rings. The zero-order valence-corrected chi connectivity index (χ0v) is 27.1. The standard InChI is InChI=1S/C36H26Cl3N3O3S/c37-26-13-7-14-28(20-26)41-36(45)33(23-9-3-1-4-10-23)46-30-16-8-15-29(22-30)40-35(44)32(19-25-17-18-27(38)21-31(25)39)42-34(43)24-11-5-2-6-12-24/h1-22,33H,(H,40,44)(H,41,45)(H,42,43)/b32-19+. The van der Waals surface area contributed by atoms with E-state index in [0.29, 0.717) is 37.6 Å². The van der Waals surface area contributed by atoms with Gasteiger partial charge in [0.15, 0.2) is 0 Å². The van der Waals surface area contributed by atoms with Gasteiger partial charge in [-0.15, -0.1) is 11.8 Å². The lowest BCUT2D eigenvalue weighted by Gasteiger charge is -2.18. The topological polar surface area (TPSA) is 87.3 Å². The van der Waals surface area contributed by atoms with Crippen molar-refractivity contribution in [1.82, 2.24) is 5.32 Å². The summed E-state index contributed by atoms with van der Waals surface area (Å²) in [5.41, 5.74) is 2.68. The third-order valence-electron chi connectivity index (χ3n) is 6.57. The molecule has 1 unspecified atom stereocenters. The van der Waals surface area contributed by atoms with Gasteiger partial charge in [-0.3, -0.25) is 14.4 Å². The first-order valence-corrected chi connectivity index (χ1v) is 16.0. The van der Waals surface area contributed by atoms with Gasteiger partial charge in [-0.25, -0.2) is 0 Å². The van der Waals surface area contributed by atoms with Gasteiger partial charge in [-0.05, 0) is 77.9 Å². The number of halogens is 3. The Kier molecular flexibility index (Phi) is 11.2. The summed E-state index contributed by atoms with van der Waals surface area (Å²) in [7, 11) is 0. The summed E-state index contributed by atoms with van der Waals surface area (Å²) in [6.45, 7) is 0. The summed E-state index contributed by atoms with van der Waals surface area (Å²) in [6, 6.07) is 36.8. The molecule has 0 heterocycles. The third-order valence-corrected chi connectivity index (χ3v) is 8.62. The fourth-order valence-electron chi connectivity index (χ4n) is 4.37. The summed E-state index contributed by atoms with van der Waals surface area (Å²) in [4.78, 5) is 40.9. The minimum atomic E-state index is -0.612. The van der Waals surface area contributed by atoms with E-state index in [0.717, 1.165) is 10.5 Å². The predicted octanol–water partition coefficient (Wildman–Crippen LogP) is 9.53. The summed E-state index contributed by atoms with van der Waals surface area (Å²) in [5.74, 6) is -1.27. The largest absolute Gasteiger partial charge is 0.325 e. The van der Waals surface area contributed by atoms with Gasteiger partial charge in [0.25, 0.3) is 11.8 Å². The average Bonchev–Trinajstić information content (AvgIpc) is 3.05. The van der Waals surface area contributed by atoms with Crippen LogP contribution in [0.3, 0.4) is 0 Å². The summed E-state index contributed by atoms with van der Waals surface area (Å²) in [5, 5.41) is 9.16. The maximum absolute atomic E-state index is 13.6. The molecule has 0 saturated carbocycles. The van der Waals surface area contributed by atoms with Crippen LogP contribution < -0.4 is 16.0 Å². The zero-order valence-electron chi connectivity index (χ0n) is 24.0. The van der Waals surface area contributed by atoms with Gasteiger partial charge in [0.1, 0.15) is 10.9 Å². The molecule has 5 aromatic rings. The molecule has 0 aliphatic rings. The monoisotopic (exact) mass is 685 g/mol. The Morgan fingerprint density at radius 1 is 0.652 bits per heavy atom. The molecule has 10 heteroatoms. The molecule has 0 saturated heterocycles. The van der Waals surface area contributed by atoms with Crippen LogP contribution in [0.5, 0.6) is 0 Å². The van der Waals surface area contributed by atoms with Crippen molar-refractivity contribution in [3.8, 4) is 0 Å². The highest BCUT2D eigenvalue weighted by atomic mass is 35.5. The number of thioether (sulfide) groups is 1. The summed E-state index contributed by atoms with van der Waals surface area (Å²) >= 11 is 19.9. The van der Waals surface area contributed by atoms with Crippen LogP contribution in [0.2, 0.25) is 15.1 Å². The molecular formula is C36H26Cl3N3O3S. The maximum atomic E-state index is 13.6. The number of nitrogens with one attached hydrogen (secondary N) is 3. The van der Waals surface area contributed by atoms with Crippen LogP contribution >= 0.6 is 46.6 Å². The Labute approximate surface area is 285 Å². The van der Waals surface area contributed by atoms with Crippen molar-refractivity contribution < 1.29 is 14.4 Å². The number of anilines is 2. The molecule has 0 radical (unpaired) electrons. The van der Waals surface area contributed by atoms with Crippen LogP contribution in [0.25, 0.3) is 6.08 Å². The van der Waals surface area contributed by atoms with E-state index in [2.05, 4.69) is 16.0 Å². The van der Waals surface area contributed by atoms with E-state index in [9.17, 15) is 14.4 Å². The van der Waals surface area contributed by atoms with Gasteiger partial charge < -0.3 is 16.0 Å². The zero-order chi connectivity index (χ0) is 32.5. The molecule has 3 amide bonds. The van der Waals surface area contributed by atoms with E-state index in [1.165, 1.54) is 17.8 Å². The number of benzene rings is 5. The van der Waals surface area contributed by atoms with Gasteiger partial charge in [0.05, 0.1) is 0 Å². The van der Waals surface area contributed by atoms with E-state index in [1.807, 2.05) is 36.4 Å². The Bertz CT molecular complexity index is 1900. The molecule has 5 rings (SSSR count). The van der Waals surface area contributed by atoms with E-state index in [1.54, 1.807) is 91.0 Å². The lowest BCUT2D eigenvalue weighted by molar-refractivity contribution is -0.116. The minimum absolute atomic E-state index is 0.0285. The van der Waals surface area contributed by atoms with Crippen molar-refractivity contribution >= 4 is 81.7 Å². The third kappa shape index (κ3) is 9.02. The van der Waals surface area contributed by atoms with Crippen LogP contribution in [-0.2, 0) is 9.59 Å². The molecule has 6 nitrogen and oxygen atoms in total. The first kappa shape index (κ1) is 32.9. The minimum Gasteiger partial charge on any atom is -0.325 e. The lowest BCUT2D eigenvalue weighted by Crippen LogP contribution is -2.30. The molecule has 0 aliphatic carbocycles. The van der Waals surface area contributed by atoms with Crippen molar-refractivity contribution in [3.63, 3.8) is 0 Å². The average molecular weight is 687 g/mol. The van der Waals surface area contributed by atoms with Gasteiger partial charge >= 0.3 is 0 Å². The van der Waals surface area contributed by atoms with Crippen molar-refractivity contribution in [1.29, 1.82) is 0 Å². The highest BCUT2D eigenvalue weighted by molar-refractivity contribution is 8.00. The molecule has 5 aromatic carbocycles. The van der Waals surface area contributed by atoms with Crippen molar-refractivity contribution in [3.05, 3.63) is 165 Å². The number of amides is 3. The predicted molar refractivity (Wildman–Crippen MR) is 189 cm³/mol. The van der Waals surface area contributed by atoms with Crippen molar-refractivity contribution in [2.24, 2.45) is 0 Å². The molecule has 0 bridgehead atoms. The fraction of sp³-hybridized carbons (Fsp3) is 0.0278. The Morgan fingerprint density at radius 2 is 1.30 bits per heavy atom. The molecule has 230 valence electrons. The van der Waals surface area contributed by atoms with Crippen LogP contribution in [-0.4, -0.2) is 17.7 Å². The van der Waals surface area contributed by atoms with Gasteiger partial charge in [0.2, 0.25) is 5.91 Å². The number of carbonyl (C=O) groups is 3. The van der Waals surface area contributed by atoms with Crippen LogP contribution in [0.1, 0.15) is 26.7 Å². The Balaban J connectivity index is 1.39. The molecule has 3 N–H and O–H groups in total. The summed E-state index contributed by atoms with van der Waals surface area (Å²) < 4.78 is 0. The fourth-order valence-corrected chi connectivity index (χ4v) is 6.11. The second-order valence-corrected chi connectivity index (χ2v) is 12.4. The van der Waals surface area contributed by atoms with Gasteiger partial charge in [0, 0.05) is 36.9 Å². The second kappa shape index (κ2) is 15.7. The molecule has 1 atom stereocenters. The molecule has 46 heavy (non-hydrogen) atoms. The van der Waals surface area contributed by atoms with Gasteiger partial charge in [-0.2, -0.15) is 0 Å². The highest BCUT2D eigenvalue weighted by Crippen LogP contribution is 2.37. The van der Waals surface area contributed by atoms with E-state index in [4.69, 9.17) is 34.8 Å². The molecule has 0 aromatic heterocycles. The normalized spacial score (nSPS) is 11.8. The number of rotatable bonds is 10. The summed E-state index contributed by atoms with van der Waals surface area (Å²) in [6.07, 6.45) is 1.49. The van der Waals surface area contributed by atoms with E-state index in [-0.39, 0.29) is 11.6 Å². The molecular weight excluding hydrogens is 661 g/mol. The first-order chi connectivity index (χ1) is 22.2. The molecule has 0 spiro atoms. The quantitative estimate of drug-likeness (QED) is 0.101. The SMILES string of the molecule is O=C(Nc1cccc(SC(C(=O)Nc2cccc(Cl)c2)c2ccccc2)c1)/C(=C\c1ccc(Cl)cc1Cl)NC(=O)c1ccccc1. The van der Waals surface area contributed by atoms with Gasteiger partial charge in [-0.1, -0.05) is 102 Å². The number of carbonyl (C=O) groups excluding carboxylic acids is 3. The maximum Gasteiger partial charge on any atom is 0.272 e. The van der Waals surface area contributed by atoms with Crippen molar-refractivity contribution in [2.75, 3.05) is 10.6 Å². The van der Waals surface area contributed by atoms with E-state index >= 15 is 0 Å². The van der Waals surface area contributed by atoms with Crippen LogP contribution in [0.4, 0.5) is 11.4 Å². The second-order valence-electron chi connectivity index (χ2n) is 9.93. The first-order valence-electron chi connectivity index (χ1n) is 14.0. The lowest BCUT2D eigenvalue weighted by atomic mass is 10.1. The highest BCUT2D eigenvalue weighted by Gasteiger charge is 2.23. The number of hydrogen-bond donors (Lipinski definition) is 3. The van der Waals surface area contributed by atoms with Crippen LogP contribution in [0, 0.1) is 0 Å². The van der Waals surface area contributed by atoms with E-state index < -0.39 is 17.1 Å². The number of hydrogen-bond acceptors (Lipinski definition) is 4. The van der Waals surface area contributed by atoms with Crippen LogP contribution in [0.15, 0.2) is 138 Å². The Hall–Kier alpha value is -4.53. The molecule has 0 aliphatic heterocycles. The smallest absolute Gasteiger partial charge is 0.272 e. The van der Waals surface area contributed by atoms with Crippen molar-refractivity contribution in [2.45, 2.75) is 10.1 Å². The Morgan fingerprint density at radius 3 is 2.00 bits per heavy atom.